The lowest BCUT2D eigenvalue weighted by atomic mass is 10.2. The molecule has 0 saturated carbocycles. The van der Waals surface area contributed by atoms with Crippen LogP contribution in [0.4, 0.5) is 5.69 Å². The number of fused-ring (bicyclic) bond motifs is 1. The molecular formula is C20H23N5O4S. The third-order valence-electron chi connectivity index (χ3n) is 5.12. The van der Waals surface area contributed by atoms with Gasteiger partial charge in [0.2, 0.25) is 0 Å². The molecule has 0 radical (unpaired) electrons. The lowest BCUT2D eigenvalue weighted by molar-refractivity contribution is 0.171. The van der Waals surface area contributed by atoms with Crippen LogP contribution in [-0.2, 0) is 10.0 Å². The molecule has 0 unspecified atom stereocenters. The van der Waals surface area contributed by atoms with Crippen molar-refractivity contribution in [2.45, 2.75) is 5.03 Å². The van der Waals surface area contributed by atoms with Crippen LogP contribution in [0, 0.1) is 11.3 Å². The number of nitriles is 1. The maximum absolute atomic E-state index is 12.4. The maximum atomic E-state index is 12.4. The fourth-order valence-electron chi connectivity index (χ4n) is 3.62. The van der Waals surface area contributed by atoms with Gasteiger partial charge in [-0.2, -0.15) is 5.26 Å². The number of nitrogens with one attached hydrogen (secondary N) is 1. The van der Waals surface area contributed by atoms with Crippen molar-refractivity contribution in [2.24, 2.45) is 0 Å². The summed E-state index contributed by atoms with van der Waals surface area (Å²) in [7, 11) is -3.82. The van der Waals surface area contributed by atoms with E-state index in [1.54, 1.807) is 0 Å². The second-order valence-electron chi connectivity index (χ2n) is 7.00. The van der Waals surface area contributed by atoms with Crippen molar-refractivity contribution in [1.29, 1.82) is 5.26 Å². The van der Waals surface area contributed by atoms with Crippen LogP contribution in [0.25, 0.3) is 0 Å². The van der Waals surface area contributed by atoms with E-state index in [1.165, 1.54) is 18.3 Å². The number of pyridine rings is 1. The van der Waals surface area contributed by atoms with E-state index in [2.05, 4.69) is 19.5 Å². The van der Waals surface area contributed by atoms with Crippen molar-refractivity contribution >= 4 is 15.7 Å². The molecule has 0 bridgehead atoms. The van der Waals surface area contributed by atoms with Crippen LogP contribution in [0.2, 0.25) is 0 Å². The number of ether oxygens (including phenoxy) is 2. The fourth-order valence-corrected chi connectivity index (χ4v) is 4.72. The van der Waals surface area contributed by atoms with Crippen molar-refractivity contribution in [3.05, 3.63) is 42.1 Å². The molecule has 0 spiro atoms. The fraction of sp³-hybridized carbons (Fsp3) is 0.400. The minimum Gasteiger partial charge on any atom is -0.486 e. The summed E-state index contributed by atoms with van der Waals surface area (Å²) in [5.41, 5.74) is 1.07. The summed E-state index contributed by atoms with van der Waals surface area (Å²) in [5.74, 6) is 1.58. The zero-order valence-electron chi connectivity index (χ0n) is 16.5. The van der Waals surface area contributed by atoms with Gasteiger partial charge in [-0.1, -0.05) is 6.07 Å². The lowest BCUT2D eigenvalue weighted by Crippen LogP contribution is -2.48. The number of hydrogen-bond donors (Lipinski definition) is 1. The van der Waals surface area contributed by atoms with E-state index in [9.17, 15) is 8.42 Å². The number of aromatic nitrogens is 1. The predicted octanol–water partition coefficient (Wildman–Crippen LogP) is 0.825. The first-order valence-electron chi connectivity index (χ1n) is 9.79. The minimum absolute atomic E-state index is 0.0380. The van der Waals surface area contributed by atoms with Gasteiger partial charge in [-0.15, -0.1) is 0 Å². The monoisotopic (exact) mass is 429 g/mol. The Morgan fingerprint density at radius 2 is 1.90 bits per heavy atom. The third-order valence-corrected chi connectivity index (χ3v) is 6.54. The zero-order chi connectivity index (χ0) is 21.0. The largest absolute Gasteiger partial charge is 0.486 e. The average Bonchev–Trinajstić information content (AvgIpc) is 2.79. The van der Waals surface area contributed by atoms with Crippen LogP contribution < -0.4 is 19.1 Å². The summed E-state index contributed by atoms with van der Waals surface area (Å²) in [6.07, 6.45) is 1.37. The van der Waals surface area contributed by atoms with Crippen molar-refractivity contribution in [2.75, 3.05) is 57.4 Å². The topological polar surface area (TPSA) is 108 Å². The molecule has 3 heterocycles. The van der Waals surface area contributed by atoms with Gasteiger partial charge >= 0.3 is 0 Å². The molecule has 1 saturated heterocycles. The van der Waals surface area contributed by atoms with Crippen LogP contribution in [0.5, 0.6) is 11.5 Å². The summed E-state index contributed by atoms with van der Waals surface area (Å²) < 4.78 is 38.9. The highest BCUT2D eigenvalue weighted by molar-refractivity contribution is 7.89. The van der Waals surface area contributed by atoms with Gasteiger partial charge in [-0.3, -0.25) is 4.90 Å². The number of benzene rings is 1. The Morgan fingerprint density at radius 3 is 2.70 bits per heavy atom. The highest BCUT2D eigenvalue weighted by atomic mass is 32.2. The number of piperazine rings is 1. The van der Waals surface area contributed by atoms with E-state index < -0.39 is 10.0 Å². The SMILES string of the molecule is N#Cc1cccnc1S(=O)(=O)NCCN1CCN(c2cccc3c2OCCO3)CC1. The highest BCUT2D eigenvalue weighted by Gasteiger charge is 2.24. The standard InChI is InChI=1S/C20H23N5O4S/c21-15-16-3-2-6-22-20(16)30(26,27)23-7-8-24-9-11-25(12-10-24)17-4-1-5-18-19(17)29-14-13-28-18/h1-6,23H,7-14H2. The lowest BCUT2D eigenvalue weighted by Gasteiger charge is -2.37. The quantitative estimate of drug-likeness (QED) is 0.719. The Hall–Kier alpha value is -2.87. The molecule has 0 aliphatic carbocycles. The molecule has 0 amide bonds. The normalized spacial score (nSPS) is 16.8. The van der Waals surface area contributed by atoms with E-state index >= 15 is 0 Å². The Kier molecular flexibility index (Phi) is 6.03. The van der Waals surface area contributed by atoms with Gasteiger partial charge in [-0.05, 0) is 24.3 Å². The van der Waals surface area contributed by atoms with Gasteiger partial charge in [0.1, 0.15) is 19.3 Å². The van der Waals surface area contributed by atoms with Gasteiger partial charge in [0.25, 0.3) is 10.0 Å². The van der Waals surface area contributed by atoms with E-state index in [1.807, 2.05) is 24.3 Å². The summed E-state index contributed by atoms with van der Waals surface area (Å²) >= 11 is 0. The Labute approximate surface area is 175 Å². The van der Waals surface area contributed by atoms with E-state index in [0.29, 0.717) is 19.8 Å². The molecule has 30 heavy (non-hydrogen) atoms. The van der Waals surface area contributed by atoms with Crippen LogP contribution >= 0.6 is 0 Å². The van der Waals surface area contributed by atoms with Crippen LogP contribution in [0.15, 0.2) is 41.6 Å². The molecule has 1 fully saturated rings. The smallest absolute Gasteiger partial charge is 0.259 e. The van der Waals surface area contributed by atoms with Crippen LogP contribution in [-0.4, -0.2) is 70.8 Å². The number of nitrogens with zero attached hydrogens (tertiary/aromatic N) is 4. The molecule has 2 aliphatic rings. The first-order chi connectivity index (χ1) is 14.6. The third kappa shape index (κ3) is 4.33. The number of para-hydroxylation sites is 1. The first kappa shape index (κ1) is 20.4. The predicted molar refractivity (Wildman–Crippen MR) is 110 cm³/mol. The van der Waals surface area contributed by atoms with Gasteiger partial charge in [-0.25, -0.2) is 18.1 Å². The van der Waals surface area contributed by atoms with E-state index in [0.717, 1.165) is 43.4 Å². The summed E-state index contributed by atoms with van der Waals surface area (Å²) in [5, 5.41) is 8.86. The number of rotatable bonds is 6. The molecule has 4 rings (SSSR count). The van der Waals surface area contributed by atoms with Crippen molar-refractivity contribution in [1.82, 2.24) is 14.6 Å². The van der Waals surface area contributed by atoms with Crippen LogP contribution in [0.1, 0.15) is 5.56 Å². The summed E-state index contributed by atoms with van der Waals surface area (Å²) in [4.78, 5) is 8.32. The summed E-state index contributed by atoms with van der Waals surface area (Å²) in [6, 6.07) is 10.8. The molecule has 1 aromatic carbocycles. The van der Waals surface area contributed by atoms with Crippen molar-refractivity contribution in [3.8, 4) is 17.6 Å². The number of anilines is 1. The molecular weight excluding hydrogens is 406 g/mol. The Balaban J connectivity index is 1.30. The molecule has 1 N–H and O–H groups in total. The minimum atomic E-state index is -3.82. The van der Waals surface area contributed by atoms with E-state index in [-0.39, 0.29) is 17.1 Å². The highest BCUT2D eigenvalue weighted by Crippen LogP contribution is 2.39. The molecule has 158 valence electrons. The zero-order valence-corrected chi connectivity index (χ0v) is 17.3. The van der Waals surface area contributed by atoms with Crippen molar-refractivity contribution < 1.29 is 17.9 Å². The van der Waals surface area contributed by atoms with Gasteiger partial charge in [0, 0.05) is 45.5 Å². The second kappa shape index (κ2) is 8.87. The Bertz CT molecular complexity index is 1050. The van der Waals surface area contributed by atoms with Crippen LogP contribution in [0.3, 0.4) is 0 Å². The second-order valence-corrected chi connectivity index (χ2v) is 8.68. The molecule has 9 nitrogen and oxygen atoms in total. The summed E-state index contributed by atoms with van der Waals surface area (Å²) in [6.45, 7) is 5.17. The maximum Gasteiger partial charge on any atom is 0.259 e. The molecule has 2 aromatic rings. The average molecular weight is 430 g/mol. The molecule has 0 atom stereocenters. The van der Waals surface area contributed by atoms with Gasteiger partial charge in [0.05, 0.1) is 11.3 Å². The number of hydrogen-bond acceptors (Lipinski definition) is 8. The van der Waals surface area contributed by atoms with E-state index in [4.69, 9.17) is 14.7 Å². The Morgan fingerprint density at radius 1 is 1.10 bits per heavy atom. The number of sulfonamides is 1. The van der Waals surface area contributed by atoms with Crippen molar-refractivity contribution in [3.63, 3.8) is 0 Å². The molecule has 2 aliphatic heterocycles. The van der Waals surface area contributed by atoms with Gasteiger partial charge < -0.3 is 14.4 Å². The molecule has 10 heteroatoms. The van der Waals surface area contributed by atoms with Gasteiger partial charge in [0.15, 0.2) is 16.5 Å². The first-order valence-corrected chi connectivity index (χ1v) is 11.3. The molecule has 1 aromatic heterocycles.